The predicted molar refractivity (Wildman–Crippen MR) is 86.0 cm³/mol. The minimum Gasteiger partial charge on any atom is -0.496 e. The van der Waals surface area contributed by atoms with E-state index < -0.39 is 6.10 Å². The molecule has 1 fully saturated rings. The maximum absolute atomic E-state index is 10.5. The summed E-state index contributed by atoms with van der Waals surface area (Å²) in [6, 6.07) is 6.03. The van der Waals surface area contributed by atoms with Crippen molar-refractivity contribution in [3.8, 4) is 5.75 Å². The molecule has 0 aromatic heterocycles. The number of hydrogen-bond acceptors (Lipinski definition) is 4. The van der Waals surface area contributed by atoms with E-state index in [1.165, 1.54) is 0 Å². The third-order valence-corrected chi connectivity index (χ3v) is 4.06. The van der Waals surface area contributed by atoms with Crippen molar-refractivity contribution in [1.29, 1.82) is 0 Å². The Balaban J connectivity index is 2.15. The van der Waals surface area contributed by atoms with Gasteiger partial charge in [-0.05, 0) is 28.7 Å². The van der Waals surface area contributed by atoms with E-state index in [1.807, 2.05) is 12.1 Å². The van der Waals surface area contributed by atoms with Crippen molar-refractivity contribution in [3.05, 3.63) is 29.3 Å². The molecule has 0 bridgehead atoms. The molecule has 4 heteroatoms. The maximum atomic E-state index is 10.5. The van der Waals surface area contributed by atoms with E-state index in [2.05, 4.69) is 37.1 Å². The van der Waals surface area contributed by atoms with Gasteiger partial charge in [-0.15, -0.1) is 0 Å². The average molecular weight is 292 g/mol. The minimum atomic E-state index is -0.449. The van der Waals surface area contributed by atoms with Gasteiger partial charge in [0.25, 0.3) is 0 Å². The van der Waals surface area contributed by atoms with Gasteiger partial charge in [0.2, 0.25) is 0 Å². The highest BCUT2D eigenvalue weighted by Crippen LogP contribution is 2.33. The number of ether oxygens (including phenoxy) is 1. The van der Waals surface area contributed by atoms with Crippen LogP contribution in [0.5, 0.6) is 5.75 Å². The SMILES string of the molecule is COc1ccc(C(O)CN2CCNCC2)cc1C(C)(C)C. The van der Waals surface area contributed by atoms with Gasteiger partial charge >= 0.3 is 0 Å². The quantitative estimate of drug-likeness (QED) is 0.890. The summed E-state index contributed by atoms with van der Waals surface area (Å²) in [5.41, 5.74) is 2.11. The van der Waals surface area contributed by atoms with Gasteiger partial charge in [0.1, 0.15) is 5.75 Å². The largest absolute Gasteiger partial charge is 0.496 e. The lowest BCUT2D eigenvalue weighted by atomic mass is 9.85. The minimum absolute atomic E-state index is 0.00385. The number of nitrogens with one attached hydrogen (secondary N) is 1. The molecule has 1 aromatic rings. The van der Waals surface area contributed by atoms with Gasteiger partial charge in [0, 0.05) is 32.7 Å². The first kappa shape index (κ1) is 16.3. The van der Waals surface area contributed by atoms with Crippen LogP contribution in [0.15, 0.2) is 18.2 Å². The number of aliphatic hydroxyl groups is 1. The number of rotatable bonds is 4. The molecular formula is C17H28N2O2. The summed E-state index contributed by atoms with van der Waals surface area (Å²) in [6.07, 6.45) is -0.449. The van der Waals surface area contributed by atoms with Crippen LogP contribution >= 0.6 is 0 Å². The van der Waals surface area contributed by atoms with E-state index in [4.69, 9.17) is 4.74 Å². The van der Waals surface area contributed by atoms with Crippen LogP contribution in [0.4, 0.5) is 0 Å². The Morgan fingerprint density at radius 2 is 1.95 bits per heavy atom. The smallest absolute Gasteiger partial charge is 0.122 e. The summed E-state index contributed by atoms with van der Waals surface area (Å²) in [4.78, 5) is 2.31. The maximum Gasteiger partial charge on any atom is 0.122 e. The summed E-state index contributed by atoms with van der Waals surface area (Å²) >= 11 is 0. The van der Waals surface area contributed by atoms with Gasteiger partial charge in [-0.2, -0.15) is 0 Å². The highest BCUT2D eigenvalue weighted by Gasteiger charge is 2.22. The normalized spacial score (nSPS) is 18.5. The summed E-state index contributed by atoms with van der Waals surface area (Å²) in [5, 5.41) is 13.9. The van der Waals surface area contributed by atoms with Crippen LogP contribution in [-0.4, -0.2) is 49.8 Å². The molecule has 0 radical (unpaired) electrons. The van der Waals surface area contributed by atoms with Gasteiger partial charge in [-0.1, -0.05) is 26.8 Å². The lowest BCUT2D eigenvalue weighted by Gasteiger charge is -2.30. The molecule has 1 atom stereocenters. The van der Waals surface area contributed by atoms with Crippen LogP contribution in [0.25, 0.3) is 0 Å². The Morgan fingerprint density at radius 3 is 2.52 bits per heavy atom. The first-order chi connectivity index (χ1) is 9.91. The van der Waals surface area contributed by atoms with Crippen molar-refractivity contribution in [2.24, 2.45) is 0 Å². The Morgan fingerprint density at radius 1 is 1.29 bits per heavy atom. The van der Waals surface area contributed by atoms with Crippen molar-refractivity contribution in [1.82, 2.24) is 10.2 Å². The average Bonchev–Trinajstić information content (AvgIpc) is 2.46. The summed E-state index contributed by atoms with van der Waals surface area (Å²) in [7, 11) is 1.70. The second-order valence-electron chi connectivity index (χ2n) is 6.78. The number of nitrogens with zero attached hydrogens (tertiary/aromatic N) is 1. The molecule has 1 aliphatic heterocycles. The van der Waals surface area contributed by atoms with Crippen LogP contribution in [0.3, 0.4) is 0 Å². The van der Waals surface area contributed by atoms with Crippen molar-refractivity contribution >= 4 is 0 Å². The second-order valence-corrected chi connectivity index (χ2v) is 6.78. The molecule has 1 unspecified atom stereocenters. The van der Waals surface area contributed by atoms with E-state index in [1.54, 1.807) is 7.11 Å². The van der Waals surface area contributed by atoms with E-state index in [-0.39, 0.29) is 5.41 Å². The predicted octanol–water partition coefficient (Wildman–Crippen LogP) is 1.93. The molecule has 21 heavy (non-hydrogen) atoms. The molecule has 4 nitrogen and oxygen atoms in total. The van der Waals surface area contributed by atoms with Gasteiger partial charge in [0.15, 0.2) is 0 Å². The van der Waals surface area contributed by atoms with Crippen molar-refractivity contribution < 1.29 is 9.84 Å². The number of hydrogen-bond donors (Lipinski definition) is 2. The first-order valence-corrected chi connectivity index (χ1v) is 7.71. The van der Waals surface area contributed by atoms with Crippen molar-refractivity contribution in [3.63, 3.8) is 0 Å². The third kappa shape index (κ3) is 4.19. The number of piperazine rings is 1. The Labute approximate surface area is 128 Å². The molecule has 118 valence electrons. The number of β-amino-alcohol motifs (C(OH)–C–C–N with tert-alkyl or cyclic N) is 1. The van der Waals surface area contributed by atoms with Gasteiger partial charge in [-0.3, -0.25) is 4.90 Å². The Bertz CT molecular complexity index is 462. The molecule has 2 N–H and O–H groups in total. The van der Waals surface area contributed by atoms with E-state index >= 15 is 0 Å². The standard InChI is InChI=1S/C17H28N2O2/c1-17(2,3)14-11-13(5-6-16(14)21-4)15(20)12-19-9-7-18-8-10-19/h5-6,11,15,18,20H,7-10,12H2,1-4H3. The van der Waals surface area contributed by atoms with Crippen molar-refractivity contribution in [2.45, 2.75) is 32.3 Å². The van der Waals surface area contributed by atoms with Crippen molar-refractivity contribution in [2.75, 3.05) is 39.8 Å². The molecule has 1 heterocycles. The monoisotopic (exact) mass is 292 g/mol. The second kappa shape index (κ2) is 6.77. The summed E-state index contributed by atoms with van der Waals surface area (Å²) < 4.78 is 5.46. The lowest BCUT2D eigenvalue weighted by Crippen LogP contribution is -2.44. The molecule has 0 aliphatic carbocycles. The third-order valence-electron chi connectivity index (χ3n) is 4.06. The zero-order valence-corrected chi connectivity index (χ0v) is 13.6. The van der Waals surface area contributed by atoms with E-state index in [9.17, 15) is 5.11 Å². The fourth-order valence-corrected chi connectivity index (χ4v) is 2.76. The summed E-state index contributed by atoms with van der Waals surface area (Å²) in [6.45, 7) is 11.2. The van der Waals surface area contributed by atoms with Gasteiger partial charge < -0.3 is 15.2 Å². The molecule has 1 saturated heterocycles. The number of methoxy groups -OCH3 is 1. The highest BCUT2D eigenvalue weighted by atomic mass is 16.5. The van der Waals surface area contributed by atoms with Crippen LogP contribution in [0, 0.1) is 0 Å². The van der Waals surface area contributed by atoms with Crippen LogP contribution in [-0.2, 0) is 5.41 Å². The molecule has 0 spiro atoms. The fraction of sp³-hybridized carbons (Fsp3) is 0.647. The molecule has 1 aliphatic rings. The van der Waals surface area contributed by atoms with Gasteiger partial charge in [-0.25, -0.2) is 0 Å². The van der Waals surface area contributed by atoms with Crippen LogP contribution in [0.2, 0.25) is 0 Å². The molecular weight excluding hydrogens is 264 g/mol. The van der Waals surface area contributed by atoms with Gasteiger partial charge in [0.05, 0.1) is 13.2 Å². The highest BCUT2D eigenvalue weighted by molar-refractivity contribution is 5.42. The zero-order valence-electron chi connectivity index (χ0n) is 13.6. The fourth-order valence-electron chi connectivity index (χ4n) is 2.76. The molecule has 0 amide bonds. The molecule has 2 rings (SSSR count). The Kier molecular flexibility index (Phi) is 5.25. The molecule has 1 aromatic carbocycles. The van der Waals surface area contributed by atoms with Crippen LogP contribution in [0.1, 0.15) is 38.0 Å². The molecule has 0 saturated carbocycles. The lowest BCUT2D eigenvalue weighted by molar-refractivity contribution is 0.105. The van der Waals surface area contributed by atoms with E-state index in [0.717, 1.165) is 43.1 Å². The summed E-state index contributed by atoms with van der Waals surface area (Å²) in [5.74, 6) is 0.889. The number of benzene rings is 1. The Hall–Kier alpha value is -1.10. The van der Waals surface area contributed by atoms with Crippen LogP contribution < -0.4 is 10.1 Å². The van der Waals surface area contributed by atoms with E-state index in [0.29, 0.717) is 6.54 Å². The topological polar surface area (TPSA) is 44.7 Å². The first-order valence-electron chi connectivity index (χ1n) is 7.71. The number of aliphatic hydroxyl groups excluding tert-OH is 1. The zero-order chi connectivity index (χ0) is 15.5.